The maximum atomic E-state index is 12.9. The predicted octanol–water partition coefficient (Wildman–Crippen LogP) is 3.91. The molecule has 1 aromatic heterocycles. The van der Waals surface area contributed by atoms with Crippen molar-refractivity contribution in [1.29, 1.82) is 0 Å². The molecule has 2 N–H and O–H groups in total. The number of amides is 1. The second-order valence-electron chi connectivity index (χ2n) is 5.94. The van der Waals surface area contributed by atoms with E-state index in [1.54, 1.807) is 50.6 Å². The van der Waals surface area contributed by atoms with Gasteiger partial charge in [0.25, 0.3) is 5.91 Å². The van der Waals surface area contributed by atoms with Gasteiger partial charge in [0, 0.05) is 24.5 Å². The van der Waals surface area contributed by atoms with Gasteiger partial charge in [0.2, 0.25) is 0 Å². The van der Waals surface area contributed by atoms with Crippen molar-refractivity contribution in [3.8, 4) is 11.5 Å². The van der Waals surface area contributed by atoms with Crippen LogP contribution in [0.15, 0.2) is 60.8 Å². The summed E-state index contributed by atoms with van der Waals surface area (Å²) >= 11 is 0. The van der Waals surface area contributed by atoms with Gasteiger partial charge in [0.15, 0.2) is 11.5 Å². The Morgan fingerprint density at radius 1 is 1.00 bits per heavy atom. The number of carbonyl (C=O) groups is 1. The average molecular weight is 381 g/mol. The lowest BCUT2D eigenvalue weighted by Crippen LogP contribution is -2.22. The fourth-order valence-electron chi connectivity index (χ4n) is 2.55. The Balaban J connectivity index is 1.61. The number of anilines is 2. The molecular weight excluding hydrogens is 361 g/mol. The van der Waals surface area contributed by atoms with Crippen molar-refractivity contribution in [2.45, 2.75) is 6.54 Å². The molecule has 0 saturated carbocycles. The number of rotatable bonds is 7. The van der Waals surface area contributed by atoms with Gasteiger partial charge in [-0.05, 0) is 42.0 Å². The van der Waals surface area contributed by atoms with Crippen molar-refractivity contribution in [3.63, 3.8) is 0 Å². The van der Waals surface area contributed by atoms with Gasteiger partial charge < -0.3 is 20.1 Å². The van der Waals surface area contributed by atoms with E-state index in [4.69, 9.17) is 9.47 Å². The van der Waals surface area contributed by atoms with E-state index in [-0.39, 0.29) is 11.7 Å². The Labute approximate surface area is 162 Å². The van der Waals surface area contributed by atoms with Gasteiger partial charge in [-0.1, -0.05) is 12.1 Å². The molecule has 0 radical (unpaired) electrons. The molecule has 3 rings (SSSR count). The van der Waals surface area contributed by atoms with Crippen molar-refractivity contribution >= 4 is 17.4 Å². The summed E-state index contributed by atoms with van der Waals surface area (Å²) in [5, 5.41) is 5.92. The number of halogens is 1. The molecule has 1 amide bonds. The minimum absolute atomic E-state index is 0.255. The monoisotopic (exact) mass is 381 g/mol. The van der Waals surface area contributed by atoms with E-state index in [2.05, 4.69) is 15.6 Å². The van der Waals surface area contributed by atoms with Crippen LogP contribution in [0.2, 0.25) is 0 Å². The largest absolute Gasteiger partial charge is 0.493 e. The first-order valence-corrected chi connectivity index (χ1v) is 8.57. The SMILES string of the molecule is COc1ccc(Nc2ccc(C(=O)NCc3ccc(F)cc3)cn2)cc1OC. The summed E-state index contributed by atoms with van der Waals surface area (Å²) in [5.74, 6) is 1.26. The lowest BCUT2D eigenvalue weighted by Gasteiger charge is -2.11. The Bertz CT molecular complexity index is 944. The minimum atomic E-state index is -0.308. The third kappa shape index (κ3) is 4.76. The molecular formula is C21H20FN3O3. The number of benzene rings is 2. The summed E-state index contributed by atoms with van der Waals surface area (Å²) in [7, 11) is 3.14. The first kappa shape index (κ1) is 19.2. The van der Waals surface area contributed by atoms with E-state index < -0.39 is 0 Å². The van der Waals surface area contributed by atoms with Crippen molar-refractivity contribution < 1.29 is 18.7 Å². The maximum Gasteiger partial charge on any atom is 0.253 e. The second kappa shape index (κ2) is 8.85. The van der Waals surface area contributed by atoms with Gasteiger partial charge in [0.05, 0.1) is 19.8 Å². The zero-order valence-electron chi connectivity index (χ0n) is 15.5. The highest BCUT2D eigenvalue weighted by atomic mass is 19.1. The van der Waals surface area contributed by atoms with Crippen LogP contribution in [0, 0.1) is 5.82 Å². The molecule has 7 heteroatoms. The first-order valence-electron chi connectivity index (χ1n) is 8.57. The highest BCUT2D eigenvalue weighted by Gasteiger charge is 2.08. The van der Waals surface area contributed by atoms with E-state index in [0.29, 0.717) is 29.4 Å². The topological polar surface area (TPSA) is 72.5 Å². The molecule has 3 aromatic rings. The van der Waals surface area contributed by atoms with E-state index in [1.165, 1.54) is 18.3 Å². The molecule has 0 unspecified atom stereocenters. The number of pyridine rings is 1. The smallest absolute Gasteiger partial charge is 0.253 e. The summed E-state index contributed by atoms with van der Waals surface area (Å²) in [6.45, 7) is 0.310. The Morgan fingerprint density at radius 2 is 1.75 bits per heavy atom. The lowest BCUT2D eigenvalue weighted by molar-refractivity contribution is 0.0950. The molecule has 0 saturated heterocycles. The molecule has 28 heavy (non-hydrogen) atoms. The summed E-state index contributed by atoms with van der Waals surface area (Å²) in [5.41, 5.74) is 2.02. The Kier molecular flexibility index (Phi) is 6.06. The van der Waals surface area contributed by atoms with Gasteiger partial charge in [-0.3, -0.25) is 4.79 Å². The predicted molar refractivity (Wildman–Crippen MR) is 105 cm³/mol. The number of hydrogen-bond donors (Lipinski definition) is 2. The lowest BCUT2D eigenvalue weighted by atomic mass is 10.2. The van der Waals surface area contributed by atoms with Crippen LogP contribution in [0.4, 0.5) is 15.9 Å². The molecule has 0 aliphatic carbocycles. The summed E-state index contributed by atoms with van der Waals surface area (Å²) in [6.07, 6.45) is 1.49. The van der Waals surface area contributed by atoms with Crippen LogP contribution in [0.5, 0.6) is 11.5 Å². The van der Waals surface area contributed by atoms with Crippen LogP contribution >= 0.6 is 0 Å². The quantitative estimate of drug-likeness (QED) is 0.649. The normalized spacial score (nSPS) is 10.2. The number of methoxy groups -OCH3 is 2. The molecule has 0 bridgehead atoms. The Hall–Kier alpha value is -3.61. The van der Waals surface area contributed by atoms with Crippen LogP contribution in [-0.4, -0.2) is 25.1 Å². The summed E-state index contributed by atoms with van der Waals surface area (Å²) in [4.78, 5) is 16.5. The average Bonchev–Trinajstić information content (AvgIpc) is 2.73. The summed E-state index contributed by atoms with van der Waals surface area (Å²) in [6, 6.07) is 14.8. The molecule has 0 aliphatic rings. The van der Waals surface area contributed by atoms with E-state index in [1.807, 2.05) is 6.07 Å². The molecule has 1 heterocycles. The fourth-order valence-corrected chi connectivity index (χ4v) is 2.55. The Morgan fingerprint density at radius 3 is 2.39 bits per heavy atom. The van der Waals surface area contributed by atoms with Gasteiger partial charge in [-0.15, -0.1) is 0 Å². The highest BCUT2D eigenvalue weighted by Crippen LogP contribution is 2.30. The molecule has 0 atom stereocenters. The fraction of sp³-hybridized carbons (Fsp3) is 0.143. The third-order valence-corrected chi connectivity index (χ3v) is 4.05. The number of carbonyl (C=O) groups excluding carboxylic acids is 1. The second-order valence-corrected chi connectivity index (χ2v) is 5.94. The van der Waals surface area contributed by atoms with Gasteiger partial charge in [0.1, 0.15) is 11.6 Å². The molecule has 6 nitrogen and oxygen atoms in total. The molecule has 0 aliphatic heterocycles. The van der Waals surface area contributed by atoms with E-state index in [0.717, 1.165) is 11.3 Å². The molecule has 0 fully saturated rings. The van der Waals surface area contributed by atoms with Crippen molar-refractivity contribution in [1.82, 2.24) is 10.3 Å². The number of nitrogens with one attached hydrogen (secondary N) is 2. The molecule has 144 valence electrons. The number of nitrogens with zero attached hydrogens (tertiary/aromatic N) is 1. The van der Waals surface area contributed by atoms with Crippen LogP contribution in [0.1, 0.15) is 15.9 Å². The van der Waals surface area contributed by atoms with Gasteiger partial charge >= 0.3 is 0 Å². The molecule has 0 spiro atoms. The van der Waals surface area contributed by atoms with Crippen LogP contribution in [-0.2, 0) is 6.54 Å². The van der Waals surface area contributed by atoms with E-state index in [9.17, 15) is 9.18 Å². The minimum Gasteiger partial charge on any atom is -0.493 e. The van der Waals surface area contributed by atoms with Crippen molar-refractivity contribution in [2.24, 2.45) is 0 Å². The van der Waals surface area contributed by atoms with Crippen LogP contribution < -0.4 is 20.1 Å². The van der Waals surface area contributed by atoms with Gasteiger partial charge in [-0.2, -0.15) is 0 Å². The zero-order chi connectivity index (χ0) is 19.9. The van der Waals surface area contributed by atoms with E-state index >= 15 is 0 Å². The number of ether oxygens (including phenoxy) is 2. The highest BCUT2D eigenvalue weighted by molar-refractivity contribution is 5.94. The van der Waals surface area contributed by atoms with Crippen LogP contribution in [0.25, 0.3) is 0 Å². The first-order chi connectivity index (χ1) is 13.6. The zero-order valence-corrected chi connectivity index (χ0v) is 15.5. The number of aromatic nitrogens is 1. The maximum absolute atomic E-state index is 12.9. The number of hydrogen-bond acceptors (Lipinski definition) is 5. The van der Waals surface area contributed by atoms with Crippen molar-refractivity contribution in [3.05, 3.63) is 77.7 Å². The summed E-state index contributed by atoms with van der Waals surface area (Å²) < 4.78 is 23.4. The molecule has 2 aromatic carbocycles. The standard InChI is InChI=1S/C21H20FN3O3/c1-27-18-9-8-17(11-19(18)28-2)25-20-10-5-15(13-23-20)21(26)24-12-14-3-6-16(22)7-4-14/h3-11,13H,12H2,1-2H3,(H,23,25)(H,24,26). The third-order valence-electron chi connectivity index (χ3n) is 4.05. The van der Waals surface area contributed by atoms with Crippen LogP contribution in [0.3, 0.4) is 0 Å². The van der Waals surface area contributed by atoms with Crippen molar-refractivity contribution in [2.75, 3.05) is 19.5 Å². The van der Waals surface area contributed by atoms with Gasteiger partial charge in [-0.25, -0.2) is 9.37 Å².